The summed E-state index contributed by atoms with van der Waals surface area (Å²) in [4.78, 5) is 0. The average Bonchev–Trinajstić information content (AvgIpc) is 3.01. The fourth-order valence-electron chi connectivity index (χ4n) is 3.38. The number of imidazole rings is 1. The molecule has 0 spiro atoms. The minimum absolute atomic E-state index is 0.173. The molecular formula is C22H24BrN2S+. The SMILES string of the molecule is CC(C)(C)c1ccc(-n2c(-c3ccc(Br)cc3)c[n+]3c2SCCC3)cc1. The van der Waals surface area contributed by atoms with Gasteiger partial charge in [-0.1, -0.05) is 48.8 Å². The predicted molar refractivity (Wildman–Crippen MR) is 113 cm³/mol. The fourth-order valence-corrected chi connectivity index (χ4v) is 4.75. The number of thioether (sulfide) groups is 1. The highest BCUT2D eigenvalue weighted by molar-refractivity contribution is 9.10. The number of rotatable bonds is 2. The number of aromatic nitrogens is 2. The highest BCUT2D eigenvalue weighted by Crippen LogP contribution is 2.32. The van der Waals surface area contributed by atoms with Crippen molar-refractivity contribution in [2.24, 2.45) is 0 Å². The van der Waals surface area contributed by atoms with Crippen molar-refractivity contribution in [1.82, 2.24) is 4.57 Å². The number of nitrogens with zero attached hydrogens (tertiary/aromatic N) is 2. The van der Waals surface area contributed by atoms with Crippen LogP contribution >= 0.6 is 27.7 Å². The second-order valence-electron chi connectivity index (χ2n) is 7.83. The van der Waals surface area contributed by atoms with Crippen LogP contribution in [0.5, 0.6) is 0 Å². The second kappa shape index (κ2) is 6.90. The predicted octanol–water partition coefficient (Wildman–Crippen LogP) is 5.99. The summed E-state index contributed by atoms with van der Waals surface area (Å²) in [5.74, 6) is 1.18. The van der Waals surface area contributed by atoms with Crippen LogP contribution in [0, 0.1) is 0 Å². The molecule has 1 aliphatic heterocycles. The quantitative estimate of drug-likeness (QED) is 0.456. The van der Waals surface area contributed by atoms with Crippen molar-refractivity contribution in [2.75, 3.05) is 5.75 Å². The lowest BCUT2D eigenvalue weighted by molar-refractivity contribution is -0.734. The second-order valence-corrected chi connectivity index (χ2v) is 9.81. The minimum atomic E-state index is 0.173. The molecular weight excluding hydrogens is 404 g/mol. The normalized spacial score (nSPS) is 14.3. The molecule has 0 aliphatic carbocycles. The van der Waals surface area contributed by atoms with Crippen LogP contribution in [-0.4, -0.2) is 10.3 Å². The van der Waals surface area contributed by atoms with Crippen LogP contribution in [0.15, 0.2) is 64.4 Å². The summed E-state index contributed by atoms with van der Waals surface area (Å²) in [6, 6.07) is 17.7. The van der Waals surface area contributed by atoms with E-state index in [-0.39, 0.29) is 5.41 Å². The molecule has 4 heteroatoms. The maximum absolute atomic E-state index is 3.55. The molecule has 0 unspecified atom stereocenters. The highest BCUT2D eigenvalue weighted by Gasteiger charge is 2.29. The molecule has 0 bridgehead atoms. The Morgan fingerprint density at radius 3 is 2.35 bits per heavy atom. The van der Waals surface area contributed by atoms with Gasteiger partial charge in [-0.15, -0.1) is 0 Å². The molecule has 26 heavy (non-hydrogen) atoms. The number of halogens is 1. The van der Waals surface area contributed by atoms with Crippen molar-refractivity contribution < 1.29 is 4.57 Å². The van der Waals surface area contributed by atoms with E-state index < -0.39 is 0 Å². The molecule has 0 amide bonds. The van der Waals surface area contributed by atoms with Crippen LogP contribution in [-0.2, 0) is 12.0 Å². The first kappa shape index (κ1) is 17.9. The average molecular weight is 428 g/mol. The smallest absolute Gasteiger partial charge is 0.224 e. The van der Waals surface area contributed by atoms with Gasteiger partial charge in [0.05, 0.1) is 6.54 Å². The van der Waals surface area contributed by atoms with E-state index in [1.165, 1.54) is 39.8 Å². The fraction of sp³-hybridized carbons (Fsp3) is 0.318. The van der Waals surface area contributed by atoms with Gasteiger partial charge in [-0.3, -0.25) is 0 Å². The van der Waals surface area contributed by atoms with Crippen molar-refractivity contribution in [1.29, 1.82) is 0 Å². The van der Waals surface area contributed by atoms with Crippen molar-refractivity contribution in [3.8, 4) is 16.9 Å². The van der Waals surface area contributed by atoms with E-state index in [4.69, 9.17) is 0 Å². The van der Waals surface area contributed by atoms with Gasteiger partial charge in [0, 0.05) is 15.8 Å². The maximum Gasteiger partial charge on any atom is 0.323 e. The third kappa shape index (κ3) is 3.37. The molecule has 0 radical (unpaired) electrons. The molecule has 0 saturated carbocycles. The van der Waals surface area contributed by atoms with Crippen molar-refractivity contribution in [3.63, 3.8) is 0 Å². The lowest BCUT2D eigenvalue weighted by Gasteiger charge is -2.19. The van der Waals surface area contributed by atoms with Gasteiger partial charge in [-0.25, -0.2) is 4.57 Å². The van der Waals surface area contributed by atoms with Crippen LogP contribution < -0.4 is 4.57 Å². The number of hydrogen-bond donors (Lipinski definition) is 0. The number of fused-ring (bicyclic) bond motifs is 1. The monoisotopic (exact) mass is 427 g/mol. The van der Waals surface area contributed by atoms with Crippen LogP contribution in [0.3, 0.4) is 0 Å². The Bertz CT molecular complexity index is 919. The zero-order valence-corrected chi connectivity index (χ0v) is 17.9. The lowest BCUT2D eigenvalue weighted by atomic mass is 9.87. The van der Waals surface area contributed by atoms with Gasteiger partial charge in [0.25, 0.3) is 0 Å². The molecule has 0 saturated heterocycles. The Balaban J connectivity index is 1.86. The number of hydrogen-bond acceptors (Lipinski definition) is 1. The van der Waals surface area contributed by atoms with Gasteiger partial charge in [0.15, 0.2) is 5.69 Å². The van der Waals surface area contributed by atoms with Gasteiger partial charge in [0.2, 0.25) is 0 Å². The first-order chi connectivity index (χ1) is 12.4. The van der Waals surface area contributed by atoms with Crippen LogP contribution in [0.1, 0.15) is 32.8 Å². The Morgan fingerprint density at radius 1 is 1.00 bits per heavy atom. The van der Waals surface area contributed by atoms with E-state index in [1.54, 1.807) is 0 Å². The molecule has 3 aromatic rings. The molecule has 1 aromatic heterocycles. The van der Waals surface area contributed by atoms with E-state index >= 15 is 0 Å². The molecule has 134 valence electrons. The van der Waals surface area contributed by atoms with Gasteiger partial charge < -0.3 is 0 Å². The Hall–Kier alpha value is -1.52. The summed E-state index contributed by atoms with van der Waals surface area (Å²) >= 11 is 5.50. The van der Waals surface area contributed by atoms with E-state index in [0.29, 0.717) is 0 Å². The largest absolute Gasteiger partial charge is 0.323 e. The minimum Gasteiger partial charge on any atom is -0.224 e. The number of aryl methyl sites for hydroxylation is 1. The van der Waals surface area contributed by atoms with E-state index in [1.807, 2.05) is 11.8 Å². The Kier molecular flexibility index (Phi) is 4.74. The van der Waals surface area contributed by atoms with E-state index in [2.05, 4.69) is 101 Å². The summed E-state index contributed by atoms with van der Waals surface area (Å²) in [6.07, 6.45) is 3.54. The third-order valence-corrected chi connectivity index (χ3v) is 6.56. The summed E-state index contributed by atoms with van der Waals surface area (Å²) in [6.45, 7) is 7.88. The highest BCUT2D eigenvalue weighted by atomic mass is 79.9. The molecule has 2 nitrogen and oxygen atoms in total. The summed E-state index contributed by atoms with van der Waals surface area (Å²) in [7, 11) is 0. The zero-order valence-electron chi connectivity index (χ0n) is 15.5. The van der Waals surface area contributed by atoms with E-state index in [9.17, 15) is 0 Å². The van der Waals surface area contributed by atoms with Gasteiger partial charge in [-0.05, 0) is 65.6 Å². The standard InChI is InChI=1S/C22H24BrN2S/c1-22(2,3)17-7-11-19(12-8-17)25-20(16-5-9-18(23)10-6-16)15-24-13-4-14-26-21(24)25/h5-12,15H,4,13-14H2,1-3H3/q+1. The zero-order chi connectivity index (χ0) is 18.3. The molecule has 0 N–H and O–H groups in total. The molecule has 0 atom stereocenters. The molecule has 0 fully saturated rings. The van der Waals surface area contributed by atoms with Crippen molar-refractivity contribution in [2.45, 2.75) is 44.3 Å². The Morgan fingerprint density at radius 2 is 1.69 bits per heavy atom. The summed E-state index contributed by atoms with van der Waals surface area (Å²) < 4.78 is 5.93. The lowest BCUT2D eigenvalue weighted by Crippen LogP contribution is -2.37. The topological polar surface area (TPSA) is 8.81 Å². The van der Waals surface area contributed by atoms with Gasteiger partial charge >= 0.3 is 5.16 Å². The van der Waals surface area contributed by atoms with Crippen molar-refractivity contribution >= 4 is 27.7 Å². The molecule has 4 rings (SSSR count). The summed E-state index contributed by atoms with van der Waals surface area (Å²) in [5.41, 5.74) is 5.28. The molecule has 2 heterocycles. The van der Waals surface area contributed by atoms with Crippen molar-refractivity contribution in [3.05, 3.63) is 64.8 Å². The summed E-state index contributed by atoms with van der Waals surface area (Å²) in [5, 5.41) is 1.33. The van der Waals surface area contributed by atoms with Crippen LogP contribution in [0.25, 0.3) is 16.9 Å². The first-order valence-electron chi connectivity index (χ1n) is 9.08. The van der Waals surface area contributed by atoms with Gasteiger partial charge in [-0.2, -0.15) is 4.57 Å². The van der Waals surface area contributed by atoms with Crippen LogP contribution in [0.2, 0.25) is 0 Å². The number of benzene rings is 2. The maximum atomic E-state index is 3.55. The Labute approximate surface area is 168 Å². The first-order valence-corrected chi connectivity index (χ1v) is 10.9. The third-order valence-electron chi connectivity index (χ3n) is 4.86. The molecule has 1 aliphatic rings. The van der Waals surface area contributed by atoms with Crippen LogP contribution in [0.4, 0.5) is 0 Å². The van der Waals surface area contributed by atoms with E-state index in [0.717, 1.165) is 11.0 Å². The van der Waals surface area contributed by atoms with Gasteiger partial charge in [0.1, 0.15) is 11.9 Å². The molecule has 2 aromatic carbocycles.